The van der Waals surface area contributed by atoms with E-state index in [-0.39, 0.29) is 0 Å². The summed E-state index contributed by atoms with van der Waals surface area (Å²) in [6.45, 7) is 1.57. The van der Waals surface area contributed by atoms with E-state index in [1.165, 1.54) is 57.9 Å². The van der Waals surface area contributed by atoms with E-state index in [9.17, 15) is 5.11 Å². The van der Waals surface area contributed by atoms with Gasteiger partial charge in [-0.1, -0.05) is 25.7 Å². The van der Waals surface area contributed by atoms with Crippen LogP contribution in [-0.2, 0) is 0 Å². The lowest BCUT2D eigenvalue weighted by atomic mass is 9.85. The summed E-state index contributed by atoms with van der Waals surface area (Å²) in [7, 11) is 0. The maximum absolute atomic E-state index is 9.31. The summed E-state index contributed by atoms with van der Waals surface area (Å²) >= 11 is 0. The zero-order chi connectivity index (χ0) is 10.5. The molecule has 88 valence electrons. The lowest BCUT2D eigenvalue weighted by molar-refractivity contribution is 0.150. The minimum atomic E-state index is 0.377. The molecule has 2 nitrogen and oxygen atoms in total. The van der Waals surface area contributed by atoms with Crippen LogP contribution in [0.4, 0.5) is 0 Å². The molecule has 2 aliphatic carbocycles. The monoisotopic (exact) mass is 211 g/mol. The van der Waals surface area contributed by atoms with Crippen molar-refractivity contribution in [3.05, 3.63) is 0 Å². The number of aliphatic hydroxyl groups excluding tert-OH is 1. The van der Waals surface area contributed by atoms with Crippen molar-refractivity contribution >= 4 is 0 Å². The highest BCUT2D eigenvalue weighted by atomic mass is 16.3. The molecule has 2 unspecified atom stereocenters. The summed E-state index contributed by atoms with van der Waals surface area (Å²) in [5, 5.41) is 13.0. The van der Waals surface area contributed by atoms with Crippen molar-refractivity contribution in [2.24, 2.45) is 11.8 Å². The van der Waals surface area contributed by atoms with Crippen LogP contribution < -0.4 is 5.32 Å². The van der Waals surface area contributed by atoms with E-state index in [1.807, 2.05) is 0 Å². The standard InChI is InChI=1S/C13H25NO/c15-10-12-7-3-4-8-13(12)14-9-11-5-1-2-6-11/h11-15H,1-10H2. The Morgan fingerprint density at radius 2 is 1.60 bits per heavy atom. The first-order valence-corrected chi connectivity index (χ1v) is 6.74. The number of nitrogens with one attached hydrogen (secondary N) is 1. The number of hydrogen-bond acceptors (Lipinski definition) is 2. The third-order valence-electron chi connectivity index (χ3n) is 4.29. The van der Waals surface area contributed by atoms with Gasteiger partial charge in [0, 0.05) is 12.6 Å². The van der Waals surface area contributed by atoms with E-state index in [4.69, 9.17) is 0 Å². The third kappa shape index (κ3) is 3.18. The summed E-state index contributed by atoms with van der Waals surface area (Å²) in [6.07, 6.45) is 10.9. The van der Waals surface area contributed by atoms with Crippen molar-refractivity contribution in [2.45, 2.75) is 57.4 Å². The lowest BCUT2D eigenvalue weighted by Gasteiger charge is -2.31. The van der Waals surface area contributed by atoms with E-state index < -0.39 is 0 Å². The second-order valence-corrected chi connectivity index (χ2v) is 5.39. The maximum Gasteiger partial charge on any atom is 0.0474 e. The van der Waals surface area contributed by atoms with Crippen LogP contribution >= 0.6 is 0 Å². The molecule has 2 N–H and O–H groups in total. The number of hydrogen-bond donors (Lipinski definition) is 2. The van der Waals surface area contributed by atoms with Crippen molar-refractivity contribution in [1.82, 2.24) is 5.32 Å². The molecule has 0 aliphatic heterocycles. The molecule has 2 fully saturated rings. The number of aliphatic hydroxyl groups is 1. The average molecular weight is 211 g/mol. The van der Waals surface area contributed by atoms with Gasteiger partial charge in [-0.2, -0.15) is 0 Å². The van der Waals surface area contributed by atoms with Gasteiger partial charge in [0.05, 0.1) is 0 Å². The SMILES string of the molecule is OCC1CCCCC1NCC1CCCC1. The largest absolute Gasteiger partial charge is 0.396 e. The van der Waals surface area contributed by atoms with Crippen LogP contribution in [0.3, 0.4) is 0 Å². The first-order chi connectivity index (χ1) is 7.40. The fourth-order valence-electron chi connectivity index (χ4n) is 3.23. The molecule has 0 bridgehead atoms. The predicted octanol–water partition coefficient (Wildman–Crippen LogP) is 2.32. The van der Waals surface area contributed by atoms with Crippen LogP contribution in [0.25, 0.3) is 0 Å². The molecule has 0 radical (unpaired) electrons. The van der Waals surface area contributed by atoms with Crippen molar-refractivity contribution in [2.75, 3.05) is 13.2 Å². The van der Waals surface area contributed by atoms with Gasteiger partial charge in [-0.25, -0.2) is 0 Å². The van der Waals surface area contributed by atoms with Crippen molar-refractivity contribution in [3.8, 4) is 0 Å². The molecule has 2 saturated carbocycles. The van der Waals surface area contributed by atoms with Gasteiger partial charge in [0.15, 0.2) is 0 Å². The van der Waals surface area contributed by atoms with Crippen LogP contribution in [-0.4, -0.2) is 24.3 Å². The molecule has 15 heavy (non-hydrogen) atoms. The van der Waals surface area contributed by atoms with Gasteiger partial charge in [-0.05, 0) is 44.1 Å². The highest BCUT2D eigenvalue weighted by Gasteiger charge is 2.25. The van der Waals surface area contributed by atoms with E-state index in [0.29, 0.717) is 18.6 Å². The fraction of sp³-hybridized carbons (Fsp3) is 1.00. The molecule has 2 aliphatic rings. The fourth-order valence-corrected chi connectivity index (χ4v) is 3.23. The Bertz CT molecular complexity index is 177. The average Bonchev–Trinajstić information content (AvgIpc) is 2.79. The smallest absolute Gasteiger partial charge is 0.0474 e. The Labute approximate surface area is 93.5 Å². The van der Waals surface area contributed by atoms with Crippen molar-refractivity contribution in [3.63, 3.8) is 0 Å². The van der Waals surface area contributed by atoms with Crippen LogP contribution in [0.2, 0.25) is 0 Å². The Morgan fingerprint density at radius 1 is 0.933 bits per heavy atom. The second kappa shape index (κ2) is 5.86. The maximum atomic E-state index is 9.31. The van der Waals surface area contributed by atoms with E-state index in [0.717, 1.165) is 5.92 Å². The van der Waals surface area contributed by atoms with Crippen molar-refractivity contribution < 1.29 is 5.11 Å². The summed E-state index contributed by atoms with van der Waals surface area (Å²) in [5.41, 5.74) is 0. The summed E-state index contributed by atoms with van der Waals surface area (Å²) in [4.78, 5) is 0. The molecule has 0 aromatic heterocycles. The van der Waals surface area contributed by atoms with Crippen LogP contribution in [0.5, 0.6) is 0 Å². The molecule has 2 heteroatoms. The van der Waals surface area contributed by atoms with Gasteiger partial charge in [-0.15, -0.1) is 0 Å². The zero-order valence-corrected chi connectivity index (χ0v) is 9.75. The Kier molecular flexibility index (Phi) is 4.45. The van der Waals surface area contributed by atoms with E-state index >= 15 is 0 Å². The van der Waals surface area contributed by atoms with Gasteiger partial charge < -0.3 is 10.4 Å². The van der Waals surface area contributed by atoms with E-state index in [2.05, 4.69) is 5.32 Å². The highest BCUT2D eigenvalue weighted by Crippen LogP contribution is 2.27. The zero-order valence-electron chi connectivity index (χ0n) is 9.75. The number of rotatable bonds is 4. The molecule has 2 atom stereocenters. The molecule has 0 amide bonds. The predicted molar refractivity (Wildman–Crippen MR) is 62.8 cm³/mol. The summed E-state index contributed by atoms with van der Waals surface area (Å²) in [6, 6.07) is 0.601. The first kappa shape index (κ1) is 11.4. The molecule has 2 rings (SSSR count). The van der Waals surface area contributed by atoms with E-state index in [1.54, 1.807) is 0 Å². The van der Waals surface area contributed by atoms with Gasteiger partial charge in [0.2, 0.25) is 0 Å². The molecule has 0 saturated heterocycles. The lowest BCUT2D eigenvalue weighted by Crippen LogP contribution is -2.42. The molecule has 0 aromatic rings. The Balaban J connectivity index is 1.71. The molecular formula is C13H25NO. The Morgan fingerprint density at radius 3 is 2.33 bits per heavy atom. The molecule has 0 spiro atoms. The van der Waals surface area contributed by atoms with Crippen LogP contribution in [0.1, 0.15) is 51.4 Å². The van der Waals surface area contributed by atoms with Gasteiger partial charge in [-0.3, -0.25) is 0 Å². The minimum Gasteiger partial charge on any atom is -0.396 e. The topological polar surface area (TPSA) is 32.3 Å². The normalized spacial score (nSPS) is 33.4. The minimum absolute atomic E-state index is 0.377. The molecular weight excluding hydrogens is 186 g/mol. The Hall–Kier alpha value is -0.0800. The van der Waals surface area contributed by atoms with Gasteiger partial charge in [0.25, 0.3) is 0 Å². The molecule has 0 heterocycles. The highest BCUT2D eigenvalue weighted by molar-refractivity contribution is 4.82. The quantitative estimate of drug-likeness (QED) is 0.748. The first-order valence-electron chi connectivity index (χ1n) is 6.74. The van der Waals surface area contributed by atoms with Crippen molar-refractivity contribution in [1.29, 1.82) is 0 Å². The van der Waals surface area contributed by atoms with Crippen LogP contribution in [0.15, 0.2) is 0 Å². The van der Waals surface area contributed by atoms with Gasteiger partial charge >= 0.3 is 0 Å². The summed E-state index contributed by atoms with van der Waals surface area (Å²) < 4.78 is 0. The van der Waals surface area contributed by atoms with Crippen LogP contribution in [0, 0.1) is 11.8 Å². The van der Waals surface area contributed by atoms with Gasteiger partial charge in [0.1, 0.15) is 0 Å². The third-order valence-corrected chi connectivity index (χ3v) is 4.29. The molecule has 0 aromatic carbocycles. The summed E-state index contributed by atoms with van der Waals surface area (Å²) in [5.74, 6) is 1.45. The second-order valence-electron chi connectivity index (χ2n) is 5.39.